The molecule has 2 aliphatic rings. The molecule has 0 unspecified atom stereocenters. The van der Waals surface area contributed by atoms with E-state index >= 15 is 0 Å². The van der Waals surface area contributed by atoms with Crippen LogP contribution in [0.4, 0.5) is 0 Å². The second kappa shape index (κ2) is 3.98. The zero-order valence-electron chi connectivity index (χ0n) is 11.5. The van der Waals surface area contributed by atoms with E-state index < -0.39 is 0 Å². The maximum absolute atomic E-state index is 12.2. The van der Waals surface area contributed by atoms with E-state index in [1.165, 1.54) is 12.8 Å². The molecular weight excluding hydrogens is 212 g/mol. The largest absolute Gasteiger partial charge is 0.352 e. The Hall–Kier alpha value is -0.570. The van der Waals surface area contributed by atoms with Gasteiger partial charge in [-0.2, -0.15) is 0 Å². The van der Waals surface area contributed by atoms with Gasteiger partial charge in [-0.15, -0.1) is 0 Å². The van der Waals surface area contributed by atoms with Crippen LogP contribution in [-0.4, -0.2) is 18.0 Å². The van der Waals surface area contributed by atoms with Gasteiger partial charge in [0.2, 0.25) is 5.91 Å². The Bertz CT molecular complexity index is 300. The lowest BCUT2D eigenvalue weighted by Crippen LogP contribution is -2.76. The summed E-state index contributed by atoms with van der Waals surface area (Å²) in [4.78, 5) is 12.2. The Labute approximate surface area is 105 Å². The van der Waals surface area contributed by atoms with Gasteiger partial charge in [-0.1, -0.05) is 40.5 Å². The first kappa shape index (κ1) is 12.9. The zero-order chi connectivity index (χ0) is 12.8. The van der Waals surface area contributed by atoms with Gasteiger partial charge in [-0.3, -0.25) is 4.79 Å². The highest BCUT2D eigenvalue weighted by Crippen LogP contribution is 2.52. The van der Waals surface area contributed by atoms with Gasteiger partial charge in [0.05, 0.1) is 0 Å². The monoisotopic (exact) mass is 238 g/mol. The predicted molar refractivity (Wildman–Crippen MR) is 69.4 cm³/mol. The Kier molecular flexibility index (Phi) is 3.01. The third-order valence-corrected chi connectivity index (χ3v) is 5.10. The van der Waals surface area contributed by atoms with Gasteiger partial charge in [0.15, 0.2) is 0 Å². The number of amides is 1. The molecule has 3 nitrogen and oxygen atoms in total. The summed E-state index contributed by atoms with van der Waals surface area (Å²) >= 11 is 0. The highest BCUT2D eigenvalue weighted by molar-refractivity contribution is 5.79. The van der Waals surface area contributed by atoms with Gasteiger partial charge >= 0.3 is 0 Å². The zero-order valence-corrected chi connectivity index (χ0v) is 11.5. The van der Waals surface area contributed by atoms with Crippen LogP contribution >= 0.6 is 0 Å². The fourth-order valence-electron chi connectivity index (χ4n) is 4.00. The topological polar surface area (TPSA) is 55.1 Å². The van der Waals surface area contributed by atoms with Gasteiger partial charge in [-0.25, -0.2) is 0 Å². The van der Waals surface area contributed by atoms with Crippen molar-refractivity contribution in [3.05, 3.63) is 0 Å². The summed E-state index contributed by atoms with van der Waals surface area (Å²) in [6.45, 7) is 8.62. The molecule has 0 saturated heterocycles. The highest BCUT2D eigenvalue weighted by Gasteiger charge is 2.60. The molecule has 0 spiro atoms. The molecular formula is C14H26N2O. The number of nitrogens with one attached hydrogen (secondary N) is 1. The van der Waals surface area contributed by atoms with Gasteiger partial charge < -0.3 is 11.1 Å². The lowest BCUT2D eigenvalue weighted by molar-refractivity contribution is -0.135. The third-order valence-electron chi connectivity index (χ3n) is 5.10. The maximum Gasteiger partial charge on any atom is 0.223 e. The number of rotatable bonds is 2. The fourth-order valence-corrected chi connectivity index (χ4v) is 4.00. The molecule has 3 heteroatoms. The Morgan fingerprint density at radius 1 is 1.12 bits per heavy atom. The van der Waals surface area contributed by atoms with Crippen molar-refractivity contribution in [2.45, 2.75) is 65.5 Å². The lowest BCUT2D eigenvalue weighted by atomic mass is 9.48. The first-order valence-corrected chi connectivity index (χ1v) is 6.84. The molecule has 0 radical (unpaired) electrons. The van der Waals surface area contributed by atoms with Gasteiger partial charge in [-0.05, 0) is 12.8 Å². The Balaban J connectivity index is 2.01. The predicted octanol–water partition coefficient (Wildman–Crippen LogP) is 2.05. The molecule has 2 aliphatic carbocycles. The summed E-state index contributed by atoms with van der Waals surface area (Å²) in [6.07, 6.45) is 4.53. The summed E-state index contributed by atoms with van der Waals surface area (Å²) in [5.41, 5.74) is 6.23. The highest BCUT2D eigenvalue weighted by atomic mass is 16.2. The normalized spacial score (nSPS) is 35.4. The first-order valence-electron chi connectivity index (χ1n) is 6.84. The van der Waals surface area contributed by atoms with Crippen molar-refractivity contribution in [1.82, 2.24) is 5.32 Å². The summed E-state index contributed by atoms with van der Waals surface area (Å²) in [7, 11) is 0. The minimum Gasteiger partial charge on any atom is -0.352 e. The van der Waals surface area contributed by atoms with E-state index in [0.29, 0.717) is 0 Å². The van der Waals surface area contributed by atoms with Gasteiger partial charge in [0.1, 0.15) is 0 Å². The van der Waals surface area contributed by atoms with Crippen molar-refractivity contribution >= 4 is 5.91 Å². The standard InChI is InChI=1S/C14H26N2O/c1-13(2)11(15)14(3,4)12(13)16-10(17)9-7-5-6-8-9/h9,11-12H,5-8,15H2,1-4H3,(H,16,17). The lowest BCUT2D eigenvalue weighted by Gasteiger charge is -2.63. The van der Waals surface area contributed by atoms with Crippen molar-refractivity contribution in [3.63, 3.8) is 0 Å². The smallest absolute Gasteiger partial charge is 0.223 e. The minimum absolute atomic E-state index is 0.0117. The molecule has 2 fully saturated rings. The van der Waals surface area contributed by atoms with Crippen LogP contribution in [0, 0.1) is 16.7 Å². The minimum atomic E-state index is 0.0117. The van der Waals surface area contributed by atoms with Gasteiger partial charge in [0.25, 0.3) is 0 Å². The van der Waals surface area contributed by atoms with Crippen LogP contribution in [0.3, 0.4) is 0 Å². The molecule has 2 saturated carbocycles. The summed E-state index contributed by atoms with van der Waals surface area (Å²) in [5, 5.41) is 3.25. The molecule has 0 bridgehead atoms. The van der Waals surface area contributed by atoms with Crippen LogP contribution in [0.5, 0.6) is 0 Å². The summed E-state index contributed by atoms with van der Waals surface area (Å²) in [5.74, 6) is 0.499. The average Bonchev–Trinajstić information content (AvgIpc) is 2.77. The molecule has 98 valence electrons. The molecule has 17 heavy (non-hydrogen) atoms. The van der Waals surface area contributed by atoms with E-state index in [1.807, 2.05) is 0 Å². The number of carbonyl (C=O) groups is 1. The Morgan fingerprint density at radius 3 is 2.06 bits per heavy atom. The van der Waals surface area contributed by atoms with Crippen molar-refractivity contribution in [3.8, 4) is 0 Å². The van der Waals surface area contributed by atoms with Crippen molar-refractivity contribution in [2.24, 2.45) is 22.5 Å². The summed E-state index contributed by atoms with van der Waals surface area (Å²) in [6, 6.07) is 0.363. The molecule has 0 aliphatic heterocycles. The molecule has 0 atom stereocenters. The third kappa shape index (κ3) is 1.88. The van der Waals surface area contributed by atoms with E-state index in [2.05, 4.69) is 33.0 Å². The van der Waals surface area contributed by atoms with E-state index in [1.54, 1.807) is 0 Å². The number of carbonyl (C=O) groups excluding carboxylic acids is 1. The molecule has 0 aromatic rings. The second-order valence-corrected chi connectivity index (χ2v) is 7.04. The van der Waals surface area contributed by atoms with Crippen LogP contribution in [0.2, 0.25) is 0 Å². The van der Waals surface area contributed by atoms with E-state index in [4.69, 9.17) is 5.73 Å². The van der Waals surface area contributed by atoms with Crippen LogP contribution in [0.1, 0.15) is 53.4 Å². The van der Waals surface area contributed by atoms with E-state index in [9.17, 15) is 4.79 Å². The van der Waals surface area contributed by atoms with Crippen molar-refractivity contribution in [2.75, 3.05) is 0 Å². The second-order valence-electron chi connectivity index (χ2n) is 7.04. The maximum atomic E-state index is 12.2. The van der Waals surface area contributed by atoms with Crippen LogP contribution in [0.15, 0.2) is 0 Å². The fraction of sp³-hybridized carbons (Fsp3) is 0.929. The molecule has 0 aromatic carbocycles. The number of hydrogen-bond donors (Lipinski definition) is 2. The molecule has 1 amide bonds. The van der Waals surface area contributed by atoms with Crippen LogP contribution in [0.25, 0.3) is 0 Å². The average molecular weight is 238 g/mol. The first-order chi connectivity index (χ1) is 7.78. The molecule has 2 rings (SSSR count). The molecule has 3 N–H and O–H groups in total. The number of hydrogen-bond acceptors (Lipinski definition) is 2. The van der Waals surface area contributed by atoms with Crippen LogP contribution in [-0.2, 0) is 4.79 Å². The number of nitrogens with two attached hydrogens (primary N) is 1. The van der Waals surface area contributed by atoms with Crippen LogP contribution < -0.4 is 11.1 Å². The van der Waals surface area contributed by atoms with Crippen molar-refractivity contribution in [1.29, 1.82) is 0 Å². The van der Waals surface area contributed by atoms with E-state index in [-0.39, 0.29) is 34.7 Å². The van der Waals surface area contributed by atoms with Crippen molar-refractivity contribution < 1.29 is 4.79 Å². The van der Waals surface area contributed by atoms with E-state index in [0.717, 1.165) is 12.8 Å². The molecule has 0 heterocycles. The molecule has 0 aromatic heterocycles. The SMILES string of the molecule is CC1(C)C(N)C(C)(C)C1NC(=O)C1CCCC1. The van der Waals surface area contributed by atoms with Gasteiger partial charge in [0, 0.05) is 28.8 Å². The summed E-state index contributed by atoms with van der Waals surface area (Å²) < 4.78 is 0. The quantitative estimate of drug-likeness (QED) is 0.773. The Morgan fingerprint density at radius 2 is 1.59 bits per heavy atom.